The molecule has 2 aromatic rings. The van der Waals surface area contributed by atoms with Gasteiger partial charge in [0.2, 0.25) is 5.91 Å². The Balaban J connectivity index is 1.48. The summed E-state index contributed by atoms with van der Waals surface area (Å²) in [5.74, 6) is 0.578. The molecular weight excluding hydrogens is 356 g/mol. The third-order valence-electron chi connectivity index (χ3n) is 5.32. The van der Waals surface area contributed by atoms with E-state index in [2.05, 4.69) is 46.1 Å². The Kier molecular flexibility index (Phi) is 6.50. The zero-order valence-electron chi connectivity index (χ0n) is 16.7. The topological polar surface area (TPSA) is 49.3 Å². The Hall–Kier alpha value is -1.92. The number of aryl methyl sites for hydroxylation is 3. The lowest BCUT2D eigenvalue weighted by Gasteiger charge is -2.35. The number of benzene rings is 1. The van der Waals surface area contributed by atoms with Crippen LogP contribution in [0.3, 0.4) is 0 Å². The quantitative estimate of drug-likeness (QED) is 0.585. The summed E-state index contributed by atoms with van der Waals surface area (Å²) in [5.41, 5.74) is 5.80. The third-order valence-corrected chi connectivity index (χ3v) is 6.15. The van der Waals surface area contributed by atoms with Crippen molar-refractivity contribution in [2.24, 2.45) is 0 Å². The van der Waals surface area contributed by atoms with Crippen LogP contribution in [0.1, 0.15) is 28.1 Å². The first-order valence-electron chi connectivity index (χ1n) is 9.43. The molecule has 0 aliphatic carbocycles. The number of piperazine rings is 1. The highest BCUT2D eigenvalue weighted by molar-refractivity contribution is 7.99. The second kappa shape index (κ2) is 8.85. The molecule has 3 rings (SSSR count). The predicted octanol–water partition coefficient (Wildman–Crippen LogP) is 3.15. The number of thioether (sulfide) groups is 1. The fraction of sp³-hybridized carbons (Fsp3) is 0.476. The second-order valence-electron chi connectivity index (χ2n) is 7.17. The molecule has 0 unspecified atom stereocenters. The van der Waals surface area contributed by atoms with Gasteiger partial charge in [0, 0.05) is 44.1 Å². The van der Waals surface area contributed by atoms with Gasteiger partial charge in [-0.05, 0) is 44.4 Å². The molecule has 1 amide bonds. The molecule has 1 fully saturated rings. The number of aromatic nitrogens is 2. The first-order valence-corrected chi connectivity index (χ1v) is 10.4. The summed E-state index contributed by atoms with van der Waals surface area (Å²) in [5, 5.41) is 0.696. The van der Waals surface area contributed by atoms with E-state index in [0.717, 1.165) is 49.7 Å². The van der Waals surface area contributed by atoms with Crippen LogP contribution in [0.4, 0.5) is 0 Å². The van der Waals surface area contributed by atoms with Crippen LogP contribution in [-0.2, 0) is 11.3 Å². The van der Waals surface area contributed by atoms with Crippen LogP contribution >= 0.6 is 11.8 Å². The van der Waals surface area contributed by atoms with E-state index in [0.29, 0.717) is 10.9 Å². The van der Waals surface area contributed by atoms with Gasteiger partial charge >= 0.3 is 0 Å². The zero-order chi connectivity index (χ0) is 19.4. The molecule has 1 aromatic carbocycles. The molecule has 0 saturated carbocycles. The van der Waals surface area contributed by atoms with Crippen molar-refractivity contribution in [3.8, 4) is 0 Å². The molecule has 6 heteroatoms. The molecule has 27 heavy (non-hydrogen) atoms. The number of carbonyl (C=O) groups is 1. The minimum Gasteiger partial charge on any atom is -0.339 e. The molecule has 0 bridgehead atoms. The van der Waals surface area contributed by atoms with E-state index in [1.165, 1.54) is 22.9 Å². The van der Waals surface area contributed by atoms with E-state index in [9.17, 15) is 4.79 Å². The van der Waals surface area contributed by atoms with Gasteiger partial charge < -0.3 is 4.90 Å². The number of rotatable bonds is 5. The molecule has 1 aliphatic heterocycles. The third kappa shape index (κ3) is 5.08. The normalized spacial score (nSPS) is 15.2. The SMILES string of the molecule is Cc1ccccc1CN1CCN(C(=O)CSc2nc(C)c(C)c(C)n2)CC1. The maximum atomic E-state index is 12.6. The van der Waals surface area contributed by atoms with E-state index < -0.39 is 0 Å². The lowest BCUT2D eigenvalue weighted by atomic mass is 10.1. The molecule has 0 radical (unpaired) electrons. The highest BCUT2D eigenvalue weighted by atomic mass is 32.2. The molecule has 144 valence electrons. The van der Waals surface area contributed by atoms with Crippen molar-refractivity contribution >= 4 is 17.7 Å². The lowest BCUT2D eigenvalue weighted by Crippen LogP contribution is -2.48. The summed E-state index contributed by atoms with van der Waals surface area (Å²) in [7, 11) is 0. The van der Waals surface area contributed by atoms with Crippen molar-refractivity contribution in [1.29, 1.82) is 0 Å². The van der Waals surface area contributed by atoms with Crippen LogP contribution in [-0.4, -0.2) is 57.6 Å². The Morgan fingerprint density at radius 2 is 1.63 bits per heavy atom. The summed E-state index contributed by atoms with van der Waals surface area (Å²) in [6.07, 6.45) is 0. The summed E-state index contributed by atoms with van der Waals surface area (Å²) >= 11 is 1.44. The standard InChI is InChI=1S/C21H28N4OS/c1-15-7-5-6-8-19(15)13-24-9-11-25(12-10-24)20(26)14-27-21-22-17(3)16(2)18(4)23-21/h5-8H,9-14H2,1-4H3. The smallest absolute Gasteiger partial charge is 0.233 e. The summed E-state index contributed by atoms with van der Waals surface area (Å²) in [6, 6.07) is 8.52. The Morgan fingerprint density at radius 1 is 1.00 bits per heavy atom. The maximum Gasteiger partial charge on any atom is 0.233 e. The van der Waals surface area contributed by atoms with Crippen LogP contribution in [0.2, 0.25) is 0 Å². The Morgan fingerprint density at radius 3 is 2.26 bits per heavy atom. The van der Waals surface area contributed by atoms with E-state index in [1.807, 2.05) is 25.7 Å². The molecule has 1 saturated heterocycles. The fourth-order valence-electron chi connectivity index (χ4n) is 3.21. The molecule has 1 aliphatic rings. The van der Waals surface area contributed by atoms with Crippen molar-refractivity contribution in [2.45, 2.75) is 39.4 Å². The number of amides is 1. The highest BCUT2D eigenvalue weighted by Crippen LogP contribution is 2.18. The van der Waals surface area contributed by atoms with Crippen molar-refractivity contribution < 1.29 is 4.79 Å². The van der Waals surface area contributed by atoms with E-state index in [4.69, 9.17) is 0 Å². The zero-order valence-corrected chi connectivity index (χ0v) is 17.5. The lowest BCUT2D eigenvalue weighted by molar-refractivity contribution is -0.130. The monoisotopic (exact) mass is 384 g/mol. The van der Waals surface area contributed by atoms with Crippen LogP contribution in [0.15, 0.2) is 29.4 Å². The van der Waals surface area contributed by atoms with Gasteiger partial charge in [0.1, 0.15) is 0 Å². The van der Waals surface area contributed by atoms with Gasteiger partial charge in [-0.2, -0.15) is 0 Å². The largest absolute Gasteiger partial charge is 0.339 e. The van der Waals surface area contributed by atoms with Crippen molar-refractivity contribution in [3.63, 3.8) is 0 Å². The van der Waals surface area contributed by atoms with E-state index in [-0.39, 0.29) is 5.91 Å². The van der Waals surface area contributed by atoms with Gasteiger partial charge in [-0.25, -0.2) is 9.97 Å². The van der Waals surface area contributed by atoms with E-state index >= 15 is 0 Å². The molecule has 0 spiro atoms. The van der Waals surface area contributed by atoms with Gasteiger partial charge in [0.15, 0.2) is 5.16 Å². The highest BCUT2D eigenvalue weighted by Gasteiger charge is 2.21. The fourth-order valence-corrected chi connectivity index (χ4v) is 4.05. The van der Waals surface area contributed by atoms with Crippen molar-refractivity contribution in [1.82, 2.24) is 19.8 Å². The van der Waals surface area contributed by atoms with E-state index in [1.54, 1.807) is 0 Å². The van der Waals surface area contributed by atoms with Gasteiger partial charge in [-0.3, -0.25) is 9.69 Å². The van der Waals surface area contributed by atoms with Crippen LogP contribution in [0.5, 0.6) is 0 Å². The van der Waals surface area contributed by atoms with Gasteiger partial charge in [-0.15, -0.1) is 0 Å². The number of nitrogens with zero attached hydrogens (tertiary/aromatic N) is 4. The minimum absolute atomic E-state index is 0.176. The summed E-state index contributed by atoms with van der Waals surface area (Å²) in [4.78, 5) is 25.9. The molecular formula is C21H28N4OS. The molecule has 2 heterocycles. The molecule has 5 nitrogen and oxygen atoms in total. The van der Waals surface area contributed by atoms with Gasteiger partial charge in [0.25, 0.3) is 0 Å². The molecule has 0 N–H and O–H groups in total. The Labute approximate surface area is 166 Å². The van der Waals surface area contributed by atoms with Crippen LogP contribution in [0, 0.1) is 27.7 Å². The first kappa shape index (κ1) is 19.8. The average molecular weight is 385 g/mol. The number of carbonyl (C=O) groups excluding carboxylic acids is 1. The van der Waals surface area contributed by atoms with Crippen molar-refractivity contribution in [2.75, 3.05) is 31.9 Å². The van der Waals surface area contributed by atoms with Gasteiger partial charge in [-0.1, -0.05) is 36.0 Å². The van der Waals surface area contributed by atoms with Crippen molar-refractivity contribution in [3.05, 3.63) is 52.3 Å². The van der Waals surface area contributed by atoms with Gasteiger partial charge in [0.05, 0.1) is 5.75 Å². The first-order chi connectivity index (χ1) is 12.9. The van der Waals surface area contributed by atoms with Crippen LogP contribution in [0.25, 0.3) is 0 Å². The molecule has 1 aromatic heterocycles. The Bertz CT molecular complexity index is 793. The minimum atomic E-state index is 0.176. The van der Waals surface area contributed by atoms with Crippen LogP contribution < -0.4 is 0 Å². The average Bonchev–Trinajstić information content (AvgIpc) is 2.66. The predicted molar refractivity (Wildman–Crippen MR) is 110 cm³/mol. The number of hydrogen-bond acceptors (Lipinski definition) is 5. The second-order valence-corrected chi connectivity index (χ2v) is 8.12. The number of hydrogen-bond donors (Lipinski definition) is 0. The maximum absolute atomic E-state index is 12.6. The molecule has 0 atom stereocenters. The summed E-state index contributed by atoms with van der Waals surface area (Å²) < 4.78 is 0. The summed E-state index contributed by atoms with van der Waals surface area (Å²) in [6.45, 7) is 12.5.